The van der Waals surface area contributed by atoms with Gasteiger partial charge >= 0.3 is 0 Å². The lowest BCUT2D eigenvalue weighted by atomic mass is 9.82. The van der Waals surface area contributed by atoms with Crippen molar-refractivity contribution in [1.82, 2.24) is 9.21 Å². The highest BCUT2D eigenvalue weighted by molar-refractivity contribution is 7.89. The van der Waals surface area contributed by atoms with Crippen LogP contribution in [0.1, 0.15) is 30.4 Å². The van der Waals surface area contributed by atoms with Crippen molar-refractivity contribution in [2.24, 2.45) is 5.92 Å². The number of likely N-dealkylation sites (tertiary alicyclic amines) is 1. The highest BCUT2D eigenvalue weighted by Gasteiger charge is 2.45. The molecule has 3 atom stereocenters. The standard InChI is InChI=1S/C22H28N2O2S/c1-17-8-6-7-11-22(17)27(25,26)24-13-12-21-20(16-24)15-23(21)14-18(2)19-9-4-3-5-10-19/h3-11,18,20-21H,12-16H2,1-2H3/t18-,20-,21+/m0/s1. The van der Waals surface area contributed by atoms with Gasteiger partial charge in [0, 0.05) is 38.1 Å². The van der Waals surface area contributed by atoms with Gasteiger partial charge in [0.15, 0.2) is 0 Å². The van der Waals surface area contributed by atoms with Crippen LogP contribution in [0.4, 0.5) is 0 Å². The first kappa shape index (κ1) is 18.7. The number of rotatable bonds is 5. The summed E-state index contributed by atoms with van der Waals surface area (Å²) in [7, 11) is -3.38. The van der Waals surface area contributed by atoms with Crippen molar-refractivity contribution in [1.29, 1.82) is 0 Å². The molecular weight excluding hydrogens is 356 g/mol. The molecule has 0 radical (unpaired) electrons. The van der Waals surface area contributed by atoms with Crippen molar-refractivity contribution in [2.75, 3.05) is 26.2 Å². The fraction of sp³-hybridized carbons (Fsp3) is 0.455. The van der Waals surface area contributed by atoms with Crippen molar-refractivity contribution >= 4 is 10.0 Å². The van der Waals surface area contributed by atoms with Gasteiger partial charge in [0.1, 0.15) is 0 Å². The molecule has 2 heterocycles. The highest BCUT2D eigenvalue weighted by Crippen LogP contribution is 2.36. The first-order chi connectivity index (χ1) is 13.0. The third-order valence-electron chi connectivity index (χ3n) is 6.18. The predicted molar refractivity (Wildman–Crippen MR) is 108 cm³/mol. The first-order valence-corrected chi connectivity index (χ1v) is 11.3. The minimum absolute atomic E-state index is 0.456. The Morgan fingerprint density at radius 2 is 1.74 bits per heavy atom. The molecule has 2 fully saturated rings. The maximum absolute atomic E-state index is 13.0. The van der Waals surface area contributed by atoms with E-state index >= 15 is 0 Å². The summed E-state index contributed by atoms with van der Waals surface area (Å²) in [6.45, 7) is 7.47. The molecule has 2 aromatic rings. The van der Waals surface area contributed by atoms with Crippen molar-refractivity contribution in [2.45, 2.75) is 37.1 Å². The van der Waals surface area contributed by atoms with Crippen LogP contribution in [0.15, 0.2) is 59.5 Å². The van der Waals surface area contributed by atoms with Crippen LogP contribution in [0.3, 0.4) is 0 Å². The topological polar surface area (TPSA) is 40.6 Å². The predicted octanol–water partition coefficient (Wildman–Crippen LogP) is 3.49. The molecule has 0 spiro atoms. The minimum atomic E-state index is -3.38. The number of nitrogens with zero attached hydrogens (tertiary/aromatic N) is 2. The zero-order chi connectivity index (χ0) is 19.0. The summed E-state index contributed by atoms with van der Waals surface area (Å²) in [6, 6.07) is 18.5. The monoisotopic (exact) mass is 384 g/mol. The summed E-state index contributed by atoms with van der Waals surface area (Å²) in [6.07, 6.45) is 0.928. The number of hydrogen-bond donors (Lipinski definition) is 0. The summed E-state index contributed by atoms with van der Waals surface area (Å²) in [4.78, 5) is 3.00. The second-order valence-electron chi connectivity index (χ2n) is 8.01. The zero-order valence-electron chi connectivity index (χ0n) is 16.1. The van der Waals surface area contributed by atoms with Crippen LogP contribution in [0, 0.1) is 12.8 Å². The fourth-order valence-corrected chi connectivity index (χ4v) is 6.33. The summed E-state index contributed by atoms with van der Waals surface area (Å²) < 4.78 is 27.8. The third kappa shape index (κ3) is 3.56. The Balaban J connectivity index is 1.39. The van der Waals surface area contributed by atoms with Crippen LogP contribution in [0.5, 0.6) is 0 Å². The number of aryl methyl sites for hydroxylation is 1. The largest absolute Gasteiger partial charge is 0.299 e. The highest BCUT2D eigenvalue weighted by atomic mass is 32.2. The number of hydrogen-bond acceptors (Lipinski definition) is 3. The van der Waals surface area contributed by atoms with Crippen LogP contribution in [0.25, 0.3) is 0 Å². The van der Waals surface area contributed by atoms with Crippen molar-refractivity contribution in [3.05, 3.63) is 65.7 Å². The maximum Gasteiger partial charge on any atom is 0.243 e. The second kappa shape index (κ2) is 7.38. The Hall–Kier alpha value is -1.69. The van der Waals surface area contributed by atoms with Crippen molar-refractivity contribution in [3.63, 3.8) is 0 Å². The van der Waals surface area contributed by atoms with E-state index in [0.717, 1.165) is 25.1 Å². The quantitative estimate of drug-likeness (QED) is 0.792. The van der Waals surface area contributed by atoms with Gasteiger partial charge in [0.2, 0.25) is 10.0 Å². The molecule has 2 aliphatic heterocycles. The van der Waals surface area contributed by atoms with Crippen LogP contribution in [0.2, 0.25) is 0 Å². The van der Waals surface area contributed by atoms with Crippen LogP contribution < -0.4 is 0 Å². The molecule has 5 heteroatoms. The Labute approximate surface area is 162 Å². The van der Waals surface area contributed by atoms with E-state index in [1.165, 1.54) is 5.56 Å². The molecule has 2 aliphatic rings. The van der Waals surface area contributed by atoms with E-state index < -0.39 is 10.0 Å². The van der Waals surface area contributed by atoms with Crippen LogP contribution in [-0.4, -0.2) is 49.8 Å². The number of sulfonamides is 1. The van der Waals surface area contributed by atoms with Gasteiger partial charge in [0.25, 0.3) is 0 Å². The summed E-state index contributed by atoms with van der Waals surface area (Å²) in [5, 5.41) is 0. The van der Waals surface area contributed by atoms with Gasteiger partial charge in [-0.05, 0) is 36.5 Å². The average molecular weight is 385 g/mol. The van der Waals surface area contributed by atoms with Gasteiger partial charge in [-0.25, -0.2) is 8.42 Å². The van der Waals surface area contributed by atoms with Gasteiger partial charge in [-0.3, -0.25) is 4.90 Å². The Morgan fingerprint density at radius 3 is 2.44 bits per heavy atom. The minimum Gasteiger partial charge on any atom is -0.299 e. The molecule has 0 bridgehead atoms. The molecule has 0 saturated carbocycles. The maximum atomic E-state index is 13.0. The number of benzene rings is 2. The Morgan fingerprint density at radius 1 is 1.04 bits per heavy atom. The lowest BCUT2D eigenvalue weighted by molar-refractivity contribution is -0.0272. The molecule has 144 valence electrons. The first-order valence-electron chi connectivity index (χ1n) is 9.81. The summed E-state index contributed by atoms with van der Waals surface area (Å²) in [5.41, 5.74) is 2.20. The second-order valence-corrected chi connectivity index (χ2v) is 9.92. The molecule has 4 rings (SSSR count). The van der Waals surface area contributed by atoms with Crippen molar-refractivity contribution < 1.29 is 8.42 Å². The fourth-order valence-electron chi connectivity index (χ4n) is 4.60. The van der Waals surface area contributed by atoms with E-state index in [1.54, 1.807) is 10.4 Å². The molecule has 4 nitrogen and oxygen atoms in total. The van der Waals surface area contributed by atoms with Gasteiger partial charge in [-0.15, -0.1) is 0 Å². The van der Waals surface area contributed by atoms with E-state index in [4.69, 9.17) is 0 Å². The zero-order valence-corrected chi connectivity index (χ0v) is 16.9. The molecular formula is C22H28N2O2S. The van der Waals surface area contributed by atoms with Crippen LogP contribution in [-0.2, 0) is 10.0 Å². The Bertz CT molecular complexity index is 898. The molecule has 0 amide bonds. The van der Waals surface area contributed by atoms with Gasteiger partial charge in [0.05, 0.1) is 4.90 Å². The molecule has 0 aliphatic carbocycles. The molecule has 2 aromatic carbocycles. The van der Waals surface area contributed by atoms with E-state index in [-0.39, 0.29) is 0 Å². The molecule has 0 N–H and O–H groups in total. The van der Waals surface area contributed by atoms with Gasteiger partial charge in [-0.1, -0.05) is 55.5 Å². The van der Waals surface area contributed by atoms with Crippen molar-refractivity contribution in [3.8, 4) is 0 Å². The number of fused-ring (bicyclic) bond motifs is 1. The third-order valence-corrected chi connectivity index (χ3v) is 8.21. The average Bonchev–Trinajstić information content (AvgIpc) is 2.66. The van der Waals surface area contributed by atoms with Crippen LogP contribution >= 0.6 is 0 Å². The van der Waals surface area contributed by atoms with E-state index in [2.05, 4.69) is 42.2 Å². The lowest BCUT2D eigenvalue weighted by Gasteiger charge is -2.53. The molecule has 2 saturated heterocycles. The SMILES string of the molecule is Cc1ccccc1S(=O)(=O)N1CC[C@@H]2[C@@H](CN2C[C@H](C)c2ccccc2)C1. The molecule has 0 aromatic heterocycles. The molecule has 27 heavy (non-hydrogen) atoms. The van der Waals surface area contributed by atoms with Gasteiger partial charge in [-0.2, -0.15) is 4.31 Å². The summed E-state index contributed by atoms with van der Waals surface area (Å²) in [5.74, 6) is 0.960. The number of piperidine rings is 1. The molecule has 0 unspecified atom stereocenters. The van der Waals surface area contributed by atoms with Gasteiger partial charge < -0.3 is 0 Å². The van der Waals surface area contributed by atoms with E-state index in [9.17, 15) is 8.42 Å². The smallest absolute Gasteiger partial charge is 0.243 e. The summed E-state index contributed by atoms with van der Waals surface area (Å²) >= 11 is 0. The lowest BCUT2D eigenvalue weighted by Crippen LogP contribution is -2.64. The van der Waals surface area contributed by atoms with E-state index in [0.29, 0.717) is 35.9 Å². The van der Waals surface area contributed by atoms with E-state index in [1.807, 2.05) is 25.1 Å². The Kier molecular flexibility index (Phi) is 5.10. The normalized spacial score (nSPS) is 24.8.